The SMILES string of the molecule is CCC(CN)CC(=O)N[C@H](C)C1CCCCCC1. The van der Waals surface area contributed by atoms with E-state index < -0.39 is 0 Å². The average molecular weight is 254 g/mol. The molecule has 0 aromatic heterocycles. The summed E-state index contributed by atoms with van der Waals surface area (Å²) in [6, 6.07) is 0.325. The fraction of sp³-hybridized carbons (Fsp3) is 0.933. The van der Waals surface area contributed by atoms with Crippen LogP contribution in [-0.2, 0) is 4.79 Å². The minimum Gasteiger partial charge on any atom is -0.353 e. The Morgan fingerprint density at radius 3 is 2.39 bits per heavy atom. The summed E-state index contributed by atoms with van der Waals surface area (Å²) < 4.78 is 0. The molecule has 1 unspecified atom stereocenters. The van der Waals surface area contributed by atoms with Crippen LogP contribution in [0.3, 0.4) is 0 Å². The van der Waals surface area contributed by atoms with Gasteiger partial charge in [0.2, 0.25) is 5.91 Å². The van der Waals surface area contributed by atoms with Crippen LogP contribution in [0, 0.1) is 11.8 Å². The summed E-state index contributed by atoms with van der Waals surface area (Å²) in [5, 5.41) is 3.18. The van der Waals surface area contributed by atoms with E-state index in [1.54, 1.807) is 0 Å². The van der Waals surface area contributed by atoms with Gasteiger partial charge in [-0.1, -0.05) is 39.0 Å². The highest BCUT2D eigenvalue weighted by Crippen LogP contribution is 2.25. The van der Waals surface area contributed by atoms with Crippen LogP contribution in [0.5, 0.6) is 0 Å². The van der Waals surface area contributed by atoms with E-state index in [0.29, 0.717) is 30.8 Å². The monoisotopic (exact) mass is 254 g/mol. The fourth-order valence-corrected chi connectivity index (χ4v) is 2.90. The molecular formula is C15H30N2O. The van der Waals surface area contributed by atoms with E-state index in [9.17, 15) is 4.79 Å². The highest BCUT2D eigenvalue weighted by molar-refractivity contribution is 5.76. The number of amides is 1. The molecule has 0 bridgehead atoms. The molecule has 2 atom stereocenters. The number of carbonyl (C=O) groups is 1. The van der Waals surface area contributed by atoms with E-state index in [1.807, 2.05) is 0 Å². The number of nitrogens with two attached hydrogens (primary N) is 1. The number of hydrogen-bond acceptors (Lipinski definition) is 2. The molecule has 1 fully saturated rings. The summed E-state index contributed by atoms with van der Waals surface area (Å²) in [6.07, 6.45) is 9.50. The first-order valence-electron chi connectivity index (χ1n) is 7.66. The zero-order valence-corrected chi connectivity index (χ0v) is 12.1. The van der Waals surface area contributed by atoms with Crippen molar-refractivity contribution in [3.63, 3.8) is 0 Å². The summed E-state index contributed by atoms with van der Waals surface area (Å²) in [6.45, 7) is 4.87. The van der Waals surface area contributed by atoms with E-state index in [0.717, 1.165) is 6.42 Å². The van der Waals surface area contributed by atoms with Crippen LogP contribution >= 0.6 is 0 Å². The lowest BCUT2D eigenvalue weighted by Gasteiger charge is -2.24. The summed E-state index contributed by atoms with van der Waals surface area (Å²) >= 11 is 0. The second kappa shape index (κ2) is 8.52. The van der Waals surface area contributed by atoms with Crippen molar-refractivity contribution in [3.8, 4) is 0 Å². The molecule has 0 aromatic carbocycles. The third kappa shape index (κ3) is 5.38. The standard InChI is InChI=1S/C15H30N2O/c1-3-13(11-16)10-15(18)17-12(2)14-8-6-4-5-7-9-14/h12-14H,3-11,16H2,1-2H3,(H,17,18)/t12-,13?/m1/s1. The summed E-state index contributed by atoms with van der Waals surface area (Å²) in [7, 11) is 0. The Morgan fingerprint density at radius 2 is 1.89 bits per heavy atom. The maximum atomic E-state index is 11.9. The lowest BCUT2D eigenvalue weighted by atomic mass is 9.92. The predicted octanol–water partition coefficient (Wildman–Crippen LogP) is 2.84. The largest absolute Gasteiger partial charge is 0.353 e. The lowest BCUT2D eigenvalue weighted by Crippen LogP contribution is -2.39. The molecule has 0 heterocycles. The van der Waals surface area contributed by atoms with E-state index in [4.69, 9.17) is 5.73 Å². The maximum absolute atomic E-state index is 11.9. The van der Waals surface area contributed by atoms with Crippen molar-refractivity contribution in [2.45, 2.75) is 71.3 Å². The molecule has 1 aliphatic carbocycles. The zero-order valence-electron chi connectivity index (χ0n) is 12.1. The van der Waals surface area contributed by atoms with Crippen LogP contribution < -0.4 is 11.1 Å². The predicted molar refractivity (Wildman–Crippen MR) is 76.2 cm³/mol. The molecule has 3 nitrogen and oxygen atoms in total. The molecule has 0 radical (unpaired) electrons. The van der Waals surface area contributed by atoms with Gasteiger partial charge in [-0.15, -0.1) is 0 Å². The molecule has 18 heavy (non-hydrogen) atoms. The minimum atomic E-state index is 0.184. The summed E-state index contributed by atoms with van der Waals surface area (Å²) in [4.78, 5) is 11.9. The van der Waals surface area contributed by atoms with Gasteiger partial charge in [-0.05, 0) is 38.1 Å². The van der Waals surface area contributed by atoms with Crippen LogP contribution in [0.15, 0.2) is 0 Å². The van der Waals surface area contributed by atoms with Gasteiger partial charge in [0.15, 0.2) is 0 Å². The Balaban J connectivity index is 2.33. The molecule has 1 rings (SSSR count). The van der Waals surface area contributed by atoms with Gasteiger partial charge in [-0.3, -0.25) is 4.79 Å². The second-order valence-electron chi connectivity index (χ2n) is 5.82. The normalized spacial score (nSPS) is 21.1. The first kappa shape index (κ1) is 15.5. The molecule has 3 heteroatoms. The van der Waals surface area contributed by atoms with Crippen molar-refractivity contribution in [2.24, 2.45) is 17.6 Å². The quantitative estimate of drug-likeness (QED) is 0.716. The molecule has 1 saturated carbocycles. The fourth-order valence-electron chi connectivity index (χ4n) is 2.90. The molecule has 106 valence electrons. The van der Waals surface area contributed by atoms with Gasteiger partial charge in [-0.25, -0.2) is 0 Å². The van der Waals surface area contributed by atoms with Gasteiger partial charge in [0, 0.05) is 12.5 Å². The number of carbonyl (C=O) groups excluding carboxylic acids is 1. The van der Waals surface area contributed by atoms with Gasteiger partial charge in [0.05, 0.1) is 0 Å². The van der Waals surface area contributed by atoms with Gasteiger partial charge in [-0.2, -0.15) is 0 Å². The van der Waals surface area contributed by atoms with Crippen molar-refractivity contribution in [1.82, 2.24) is 5.32 Å². The van der Waals surface area contributed by atoms with Crippen LogP contribution in [0.25, 0.3) is 0 Å². The highest BCUT2D eigenvalue weighted by atomic mass is 16.1. The number of hydrogen-bond donors (Lipinski definition) is 2. The lowest BCUT2D eigenvalue weighted by molar-refractivity contribution is -0.123. The van der Waals surface area contributed by atoms with Crippen LogP contribution in [0.1, 0.15) is 65.2 Å². The van der Waals surface area contributed by atoms with Crippen molar-refractivity contribution in [2.75, 3.05) is 6.54 Å². The molecule has 0 aromatic rings. The Kier molecular flexibility index (Phi) is 7.33. The minimum absolute atomic E-state index is 0.184. The zero-order chi connectivity index (χ0) is 13.4. The van der Waals surface area contributed by atoms with Crippen LogP contribution in [-0.4, -0.2) is 18.5 Å². The Bertz CT molecular complexity index is 231. The molecule has 1 amide bonds. The molecule has 0 spiro atoms. The van der Waals surface area contributed by atoms with Gasteiger partial charge >= 0.3 is 0 Å². The van der Waals surface area contributed by atoms with E-state index in [1.165, 1.54) is 38.5 Å². The Labute approximate surface area is 112 Å². The van der Waals surface area contributed by atoms with E-state index in [2.05, 4.69) is 19.2 Å². The third-order valence-corrected chi connectivity index (χ3v) is 4.38. The Hall–Kier alpha value is -0.570. The van der Waals surface area contributed by atoms with Crippen molar-refractivity contribution in [3.05, 3.63) is 0 Å². The second-order valence-corrected chi connectivity index (χ2v) is 5.82. The first-order valence-corrected chi connectivity index (χ1v) is 7.66. The van der Waals surface area contributed by atoms with Crippen LogP contribution in [0.2, 0.25) is 0 Å². The molecule has 1 aliphatic rings. The van der Waals surface area contributed by atoms with Gasteiger partial charge in [0.1, 0.15) is 0 Å². The molecule has 0 aliphatic heterocycles. The third-order valence-electron chi connectivity index (χ3n) is 4.38. The first-order chi connectivity index (χ1) is 8.67. The summed E-state index contributed by atoms with van der Waals surface area (Å²) in [5.74, 6) is 1.20. The van der Waals surface area contributed by atoms with Crippen molar-refractivity contribution < 1.29 is 4.79 Å². The average Bonchev–Trinajstić information content (AvgIpc) is 2.64. The van der Waals surface area contributed by atoms with E-state index >= 15 is 0 Å². The van der Waals surface area contributed by atoms with Crippen molar-refractivity contribution in [1.29, 1.82) is 0 Å². The van der Waals surface area contributed by atoms with Crippen LogP contribution in [0.4, 0.5) is 0 Å². The molecule has 0 saturated heterocycles. The maximum Gasteiger partial charge on any atom is 0.220 e. The Morgan fingerprint density at radius 1 is 1.28 bits per heavy atom. The van der Waals surface area contributed by atoms with Gasteiger partial charge in [0.25, 0.3) is 0 Å². The highest BCUT2D eigenvalue weighted by Gasteiger charge is 2.21. The molecular weight excluding hydrogens is 224 g/mol. The van der Waals surface area contributed by atoms with Crippen molar-refractivity contribution >= 4 is 5.91 Å². The summed E-state index contributed by atoms with van der Waals surface area (Å²) in [5.41, 5.74) is 5.65. The van der Waals surface area contributed by atoms with Gasteiger partial charge < -0.3 is 11.1 Å². The topological polar surface area (TPSA) is 55.1 Å². The smallest absolute Gasteiger partial charge is 0.220 e. The molecule has 3 N–H and O–H groups in total. The van der Waals surface area contributed by atoms with E-state index in [-0.39, 0.29) is 5.91 Å². The number of rotatable bonds is 6. The number of nitrogens with one attached hydrogen (secondary N) is 1.